The van der Waals surface area contributed by atoms with Crippen LogP contribution in [0.4, 0.5) is 13.2 Å². The highest BCUT2D eigenvalue weighted by Crippen LogP contribution is 2.13. The van der Waals surface area contributed by atoms with Gasteiger partial charge in [-0.15, -0.1) is 0 Å². The summed E-state index contributed by atoms with van der Waals surface area (Å²) in [6.07, 6.45) is -4.39. The van der Waals surface area contributed by atoms with E-state index in [9.17, 15) is 21.6 Å². The van der Waals surface area contributed by atoms with E-state index >= 15 is 0 Å². The average Bonchev–Trinajstić information content (AvgIpc) is 2.13. The lowest BCUT2D eigenvalue weighted by Crippen LogP contribution is -2.36. The first-order valence-corrected chi connectivity index (χ1v) is 7.13. The van der Waals surface area contributed by atoms with E-state index in [2.05, 4.69) is 14.8 Å². The van der Waals surface area contributed by atoms with Gasteiger partial charge in [0.1, 0.15) is 6.61 Å². The average molecular weight is 292 g/mol. The van der Waals surface area contributed by atoms with Gasteiger partial charge in [-0.25, -0.2) is 13.1 Å². The van der Waals surface area contributed by atoms with Crippen LogP contribution in [0.5, 0.6) is 0 Å². The van der Waals surface area contributed by atoms with Crippen molar-refractivity contribution in [2.45, 2.75) is 26.1 Å². The Bertz CT molecular complexity index is 318. The Morgan fingerprint density at radius 3 is 2.33 bits per heavy atom. The highest BCUT2D eigenvalue weighted by atomic mass is 32.2. The number of nitrogens with one attached hydrogen (secondary N) is 2. The van der Waals surface area contributed by atoms with Crippen LogP contribution in [0.3, 0.4) is 0 Å². The Kier molecular flexibility index (Phi) is 7.76. The molecule has 0 radical (unpaired) electrons. The zero-order valence-electron chi connectivity index (χ0n) is 10.4. The molecule has 0 rings (SSSR count). The first kappa shape index (κ1) is 17.6. The van der Waals surface area contributed by atoms with Crippen molar-refractivity contribution in [2.75, 3.05) is 32.1 Å². The molecular weight excluding hydrogens is 273 g/mol. The molecule has 0 aromatic carbocycles. The van der Waals surface area contributed by atoms with Crippen molar-refractivity contribution in [3.63, 3.8) is 0 Å². The number of halogens is 3. The van der Waals surface area contributed by atoms with Crippen molar-refractivity contribution in [3.8, 4) is 0 Å². The number of alkyl halides is 3. The lowest BCUT2D eigenvalue weighted by Gasteiger charge is -2.10. The molecule has 0 spiro atoms. The lowest BCUT2D eigenvalue weighted by atomic mass is 10.4. The predicted octanol–water partition coefficient (Wildman–Crippen LogP) is 0.483. The summed E-state index contributed by atoms with van der Waals surface area (Å²) in [5.41, 5.74) is 0. The minimum absolute atomic E-state index is 0.121. The minimum atomic E-state index is -4.39. The van der Waals surface area contributed by atoms with Crippen LogP contribution >= 0.6 is 0 Å². The molecule has 0 aliphatic carbocycles. The maximum absolute atomic E-state index is 11.7. The van der Waals surface area contributed by atoms with E-state index in [-0.39, 0.29) is 31.5 Å². The molecule has 9 heteroatoms. The first-order chi connectivity index (χ1) is 8.12. The Balaban J connectivity index is 3.65. The number of hydrogen-bond donors (Lipinski definition) is 2. The van der Waals surface area contributed by atoms with E-state index in [0.29, 0.717) is 0 Å². The van der Waals surface area contributed by atoms with Gasteiger partial charge in [0, 0.05) is 19.1 Å². The van der Waals surface area contributed by atoms with Crippen molar-refractivity contribution in [1.82, 2.24) is 10.0 Å². The molecule has 18 heavy (non-hydrogen) atoms. The van der Waals surface area contributed by atoms with Crippen LogP contribution in [0.15, 0.2) is 0 Å². The third-order valence-electron chi connectivity index (χ3n) is 1.76. The fourth-order valence-corrected chi connectivity index (χ4v) is 1.94. The van der Waals surface area contributed by atoms with Crippen molar-refractivity contribution in [3.05, 3.63) is 0 Å². The molecule has 0 aliphatic heterocycles. The van der Waals surface area contributed by atoms with E-state index in [1.165, 1.54) is 0 Å². The molecule has 0 saturated heterocycles. The Morgan fingerprint density at radius 2 is 1.83 bits per heavy atom. The van der Waals surface area contributed by atoms with Gasteiger partial charge in [-0.3, -0.25) is 0 Å². The summed E-state index contributed by atoms with van der Waals surface area (Å²) in [6.45, 7) is 2.20. The molecule has 0 heterocycles. The standard InChI is InChI=1S/C9H19F3N2O3S/c1-8(2)13-4-6-18(15,16)14-3-5-17-7-9(10,11)12/h8,13-14H,3-7H2,1-2H3. The van der Waals surface area contributed by atoms with E-state index in [1.54, 1.807) is 0 Å². The molecule has 0 fully saturated rings. The molecule has 110 valence electrons. The summed E-state index contributed by atoms with van der Waals surface area (Å²) < 4.78 is 64.2. The van der Waals surface area contributed by atoms with Crippen LogP contribution in [-0.4, -0.2) is 52.7 Å². The second-order valence-electron chi connectivity index (χ2n) is 3.99. The van der Waals surface area contributed by atoms with Gasteiger partial charge in [-0.2, -0.15) is 13.2 Å². The summed E-state index contributed by atoms with van der Waals surface area (Å²) in [5, 5.41) is 2.92. The van der Waals surface area contributed by atoms with Gasteiger partial charge in [0.05, 0.1) is 12.4 Å². The summed E-state index contributed by atoms with van der Waals surface area (Å²) >= 11 is 0. The fraction of sp³-hybridized carbons (Fsp3) is 1.00. The SMILES string of the molecule is CC(C)NCCS(=O)(=O)NCCOCC(F)(F)F. The third kappa shape index (κ3) is 12.1. The largest absolute Gasteiger partial charge is 0.411 e. The van der Waals surface area contributed by atoms with Gasteiger partial charge in [0.15, 0.2) is 0 Å². The molecule has 0 amide bonds. The van der Waals surface area contributed by atoms with Gasteiger partial charge in [-0.05, 0) is 0 Å². The molecule has 5 nitrogen and oxygen atoms in total. The van der Waals surface area contributed by atoms with Crippen LogP contribution in [-0.2, 0) is 14.8 Å². The fourth-order valence-electron chi connectivity index (χ4n) is 1.01. The molecule has 0 bridgehead atoms. The van der Waals surface area contributed by atoms with Crippen molar-refractivity contribution < 1.29 is 26.3 Å². The van der Waals surface area contributed by atoms with Gasteiger partial charge in [0.25, 0.3) is 0 Å². The number of hydrogen-bond acceptors (Lipinski definition) is 4. The van der Waals surface area contributed by atoms with E-state index < -0.39 is 22.8 Å². The Hall–Kier alpha value is -0.380. The normalized spacial score (nSPS) is 13.2. The van der Waals surface area contributed by atoms with Gasteiger partial charge in [0.2, 0.25) is 10.0 Å². The van der Waals surface area contributed by atoms with Crippen LogP contribution in [0.1, 0.15) is 13.8 Å². The van der Waals surface area contributed by atoms with Crippen molar-refractivity contribution >= 4 is 10.0 Å². The summed E-state index contributed by atoms with van der Waals surface area (Å²) in [6, 6.07) is 0.176. The van der Waals surface area contributed by atoms with Crippen LogP contribution < -0.4 is 10.0 Å². The van der Waals surface area contributed by atoms with Crippen molar-refractivity contribution in [1.29, 1.82) is 0 Å². The number of ether oxygens (including phenoxy) is 1. The topological polar surface area (TPSA) is 67.4 Å². The molecule has 0 aromatic heterocycles. The monoisotopic (exact) mass is 292 g/mol. The van der Waals surface area contributed by atoms with Gasteiger partial charge >= 0.3 is 6.18 Å². The molecular formula is C9H19F3N2O3S. The highest BCUT2D eigenvalue weighted by molar-refractivity contribution is 7.89. The zero-order valence-corrected chi connectivity index (χ0v) is 11.2. The Labute approximate surface area is 105 Å². The highest BCUT2D eigenvalue weighted by Gasteiger charge is 2.27. The van der Waals surface area contributed by atoms with E-state index in [1.807, 2.05) is 13.8 Å². The quantitative estimate of drug-likeness (QED) is 0.607. The smallest absolute Gasteiger partial charge is 0.371 e. The maximum Gasteiger partial charge on any atom is 0.411 e. The lowest BCUT2D eigenvalue weighted by molar-refractivity contribution is -0.173. The van der Waals surface area contributed by atoms with E-state index in [4.69, 9.17) is 0 Å². The summed E-state index contributed by atoms with van der Waals surface area (Å²) in [5.74, 6) is -0.121. The predicted molar refractivity (Wildman–Crippen MR) is 61.8 cm³/mol. The number of sulfonamides is 1. The van der Waals surface area contributed by atoms with Crippen molar-refractivity contribution in [2.24, 2.45) is 0 Å². The molecule has 2 N–H and O–H groups in total. The molecule has 0 aromatic rings. The van der Waals surface area contributed by atoms with E-state index in [0.717, 1.165) is 0 Å². The molecule has 0 unspecified atom stereocenters. The zero-order chi connectivity index (χ0) is 14.2. The molecule has 0 saturated carbocycles. The second kappa shape index (κ2) is 7.93. The molecule has 0 aliphatic rings. The Morgan fingerprint density at radius 1 is 1.22 bits per heavy atom. The second-order valence-corrected chi connectivity index (χ2v) is 5.92. The maximum atomic E-state index is 11.7. The molecule has 0 atom stereocenters. The van der Waals surface area contributed by atoms with Gasteiger partial charge in [-0.1, -0.05) is 13.8 Å². The van der Waals surface area contributed by atoms with Crippen LogP contribution in [0.25, 0.3) is 0 Å². The first-order valence-electron chi connectivity index (χ1n) is 5.47. The number of rotatable bonds is 9. The van der Waals surface area contributed by atoms with Crippen LogP contribution in [0.2, 0.25) is 0 Å². The third-order valence-corrected chi connectivity index (χ3v) is 3.14. The summed E-state index contributed by atoms with van der Waals surface area (Å²) in [7, 11) is -3.47. The van der Waals surface area contributed by atoms with Gasteiger partial charge < -0.3 is 10.1 Å². The van der Waals surface area contributed by atoms with Crippen LogP contribution in [0, 0.1) is 0 Å². The summed E-state index contributed by atoms with van der Waals surface area (Å²) in [4.78, 5) is 0. The minimum Gasteiger partial charge on any atom is -0.371 e.